The van der Waals surface area contributed by atoms with Gasteiger partial charge in [-0.05, 0) is 33.1 Å². The molecule has 2 aliphatic carbocycles. The number of carbonyl (C=O) groups excluding carboxylic acids is 2. The molecule has 0 aromatic heterocycles. The van der Waals surface area contributed by atoms with Crippen LogP contribution in [0.1, 0.15) is 39.5 Å². The third kappa shape index (κ3) is 2.49. The molecule has 1 fully saturated rings. The molecule has 1 saturated carbocycles. The van der Waals surface area contributed by atoms with Crippen LogP contribution >= 0.6 is 0 Å². The monoisotopic (exact) mass is 316 g/mol. The quantitative estimate of drug-likeness (QED) is 0.737. The molecule has 0 amide bonds. The number of nitrogens with zero attached hydrogens (tertiary/aromatic N) is 2. The Labute approximate surface area is 135 Å². The number of hydrogen-bond acceptors (Lipinski definition) is 6. The van der Waals surface area contributed by atoms with Crippen molar-refractivity contribution >= 4 is 11.8 Å². The van der Waals surface area contributed by atoms with Gasteiger partial charge in [0.15, 0.2) is 11.2 Å². The van der Waals surface area contributed by atoms with E-state index in [9.17, 15) is 20.1 Å². The highest BCUT2D eigenvalue weighted by Gasteiger charge is 2.63. The Kier molecular flexibility index (Phi) is 4.75. The molecule has 0 aromatic carbocycles. The van der Waals surface area contributed by atoms with Gasteiger partial charge in [-0.25, -0.2) is 0 Å². The van der Waals surface area contributed by atoms with Crippen LogP contribution in [0.4, 0.5) is 0 Å². The Morgan fingerprint density at radius 2 is 2.04 bits per heavy atom. The molecular formula is C17H20N2O4. The molecule has 2 rings (SSSR count). The topological polar surface area (TPSA) is 100 Å². The van der Waals surface area contributed by atoms with Crippen molar-refractivity contribution in [2.45, 2.75) is 39.5 Å². The second-order valence-corrected chi connectivity index (χ2v) is 5.90. The Hall–Kier alpha value is -2.34. The second-order valence-electron chi connectivity index (χ2n) is 5.90. The lowest BCUT2D eigenvalue weighted by atomic mass is 9.51. The van der Waals surface area contributed by atoms with Gasteiger partial charge in [-0.1, -0.05) is 0 Å². The number of ketones is 1. The third-order valence-electron chi connectivity index (χ3n) is 4.84. The molecule has 0 spiro atoms. The zero-order valence-corrected chi connectivity index (χ0v) is 13.4. The van der Waals surface area contributed by atoms with Gasteiger partial charge in [-0.3, -0.25) is 9.59 Å². The summed E-state index contributed by atoms with van der Waals surface area (Å²) in [4.78, 5) is 25.1. The van der Waals surface area contributed by atoms with E-state index in [0.29, 0.717) is 31.6 Å². The van der Waals surface area contributed by atoms with Crippen LogP contribution in [0.2, 0.25) is 0 Å². The van der Waals surface area contributed by atoms with Crippen LogP contribution in [-0.4, -0.2) is 25.0 Å². The molecule has 0 heterocycles. The number of hydrogen-bond donors (Lipinski definition) is 0. The Morgan fingerprint density at radius 1 is 1.30 bits per heavy atom. The van der Waals surface area contributed by atoms with Crippen LogP contribution in [-0.2, 0) is 19.1 Å². The number of rotatable bonds is 4. The molecule has 3 atom stereocenters. The molecule has 0 bridgehead atoms. The fourth-order valence-electron chi connectivity index (χ4n) is 3.75. The summed E-state index contributed by atoms with van der Waals surface area (Å²) >= 11 is 0. The van der Waals surface area contributed by atoms with Crippen LogP contribution in [0.5, 0.6) is 0 Å². The van der Waals surface area contributed by atoms with Gasteiger partial charge < -0.3 is 9.47 Å². The fourth-order valence-corrected chi connectivity index (χ4v) is 3.75. The van der Waals surface area contributed by atoms with Gasteiger partial charge in [0.05, 0.1) is 31.1 Å². The SMILES string of the molecule is CCOC(=O)[C@@]1(C#N)CCC[C@]2(C#N)C(=O)C=C(OCC)C[C@H]21. The van der Waals surface area contributed by atoms with E-state index in [0.717, 1.165) is 0 Å². The summed E-state index contributed by atoms with van der Waals surface area (Å²) in [6, 6.07) is 4.19. The van der Waals surface area contributed by atoms with Gasteiger partial charge in [-0.2, -0.15) is 10.5 Å². The minimum Gasteiger partial charge on any atom is -0.498 e. The minimum absolute atomic E-state index is 0.149. The van der Waals surface area contributed by atoms with Gasteiger partial charge in [0.2, 0.25) is 0 Å². The maximum atomic E-state index is 12.6. The molecule has 0 aliphatic heterocycles. The number of esters is 1. The third-order valence-corrected chi connectivity index (χ3v) is 4.84. The van der Waals surface area contributed by atoms with Crippen molar-refractivity contribution in [1.29, 1.82) is 10.5 Å². The number of nitriles is 2. The molecule has 0 N–H and O–H groups in total. The largest absolute Gasteiger partial charge is 0.498 e. The first-order chi connectivity index (χ1) is 11.0. The van der Waals surface area contributed by atoms with Crippen molar-refractivity contribution in [1.82, 2.24) is 0 Å². The minimum atomic E-state index is -1.48. The summed E-state index contributed by atoms with van der Waals surface area (Å²) in [6.07, 6.45) is 2.68. The average molecular weight is 316 g/mol. The van der Waals surface area contributed by atoms with Crippen molar-refractivity contribution in [2.24, 2.45) is 16.7 Å². The molecule has 23 heavy (non-hydrogen) atoms. The molecule has 6 heteroatoms. The van der Waals surface area contributed by atoms with Crippen LogP contribution in [0.3, 0.4) is 0 Å². The Balaban J connectivity index is 2.55. The number of carbonyl (C=O) groups is 2. The van der Waals surface area contributed by atoms with E-state index in [1.54, 1.807) is 13.8 Å². The standard InChI is InChI=1S/C17H20N2O4/c1-3-22-12-8-13-16(10-18,14(20)9-12)6-5-7-17(13,11-19)15(21)23-4-2/h9,13H,3-8H2,1-2H3/t13-,16-,17-/m1/s1. The van der Waals surface area contributed by atoms with E-state index in [-0.39, 0.29) is 18.8 Å². The van der Waals surface area contributed by atoms with Crippen molar-refractivity contribution in [3.63, 3.8) is 0 Å². The lowest BCUT2D eigenvalue weighted by molar-refractivity contribution is -0.162. The fraction of sp³-hybridized carbons (Fsp3) is 0.647. The van der Waals surface area contributed by atoms with E-state index < -0.39 is 22.7 Å². The predicted molar refractivity (Wildman–Crippen MR) is 79.4 cm³/mol. The molecular weight excluding hydrogens is 296 g/mol. The highest BCUT2D eigenvalue weighted by molar-refractivity contribution is 5.99. The van der Waals surface area contributed by atoms with Crippen molar-refractivity contribution in [2.75, 3.05) is 13.2 Å². The van der Waals surface area contributed by atoms with Crippen molar-refractivity contribution < 1.29 is 19.1 Å². The van der Waals surface area contributed by atoms with E-state index in [1.165, 1.54) is 6.08 Å². The summed E-state index contributed by atoms with van der Waals surface area (Å²) in [5, 5.41) is 19.5. The number of fused-ring (bicyclic) bond motifs is 1. The second kappa shape index (κ2) is 6.42. The first kappa shape index (κ1) is 17.0. The molecule has 0 radical (unpaired) electrons. The molecule has 0 unspecified atom stereocenters. The first-order valence-corrected chi connectivity index (χ1v) is 7.88. The maximum Gasteiger partial charge on any atom is 0.326 e. The summed E-state index contributed by atoms with van der Waals surface area (Å²) in [6.45, 7) is 3.99. The smallest absolute Gasteiger partial charge is 0.326 e. The van der Waals surface area contributed by atoms with Crippen LogP contribution in [0, 0.1) is 39.4 Å². The molecule has 2 aliphatic rings. The molecule has 122 valence electrons. The van der Waals surface area contributed by atoms with Gasteiger partial charge in [-0.15, -0.1) is 0 Å². The highest BCUT2D eigenvalue weighted by atomic mass is 16.5. The van der Waals surface area contributed by atoms with E-state index in [1.807, 2.05) is 0 Å². The normalized spacial score (nSPS) is 32.8. The van der Waals surface area contributed by atoms with Crippen molar-refractivity contribution in [3.05, 3.63) is 11.8 Å². The average Bonchev–Trinajstić information content (AvgIpc) is 2.55. The van der Waals surface area contributed by atoms with Crippen LogP contribution in [0.15, 0.2) is 11.8 Å². The van der Waals surface area contributed by atoms with Gasteiger partial charge in [0.25, 0.3) is 0 Å². The molecule has 6 nitrogen and oxygen atoms in total. The maximum absolute atomic E-state index is 12.6. The predicted octanol–water partition coefficient (Wildman–Crippen LogP) is 2.26. The van der Waals surface area contributed by atoms with Gasteiger partial charge in [0.1, 0.15) is 5.41 Å². The molecule has 0 aromatic rings. The Morgan fingerprint density at radius 3 is 2.61 bits per heavy atom. The van der Waals surface area contributed by atoms with E-state index in [4.69, 9.17) is 9.47 Å². The van der Waals surface area contributed by atoms with E-state index in [2.05, 4.69) is 12.1 Å². The van der Waals surface area contributed by atoms with Crippen LogP contribution in [0.25, 0.3) is 0 Å². The van der Waals surface area contributed by atoms with Gasteiger partial charge in [0, 0.05) is 18.4 Å². The van der Waals surface area contributed by atoms with Crippen molar-refractivity contribution in [3.8, 4) is 12.1 Å². The number of allylic oxidation sites excluding steroid dienone is 2. The summed E-state index contributed by atoms with van der Waals surface area (Å²) in [5.74, 6) is -1.32. The summed E-state index contributed by atoms with van der Waals surface area (Å²) in [7, 11) is 0. The zero-order chi connectivity index (χ0) is 17.1. The lowest BCUT2D eigenvalue weighted by Crippen LogP contribution is -2.54. The Bertz CT molecular complexity index is 627. The molecule has 0 saturated heterocycles. The zero-order valence-electron chi connectivity index (χ0n) is 13.4. The van der Waals surface area contributed by atoms with Gasteiger partial charge >= 0.3 is 5.97 Å². The van der Waals surface area contributed by atoms with E-state index >= 15 is 0 Å². The van der Waals surface area contributed by atoms with Crippen LogP contribution < -0.4 is 0 Å². The number of ether oxygens (including phenoxy) is 2. The summed E-state index contributed by atoms with van der Waals surface area (Å²) < 4.78 is 10.5. The highest BCUT2D eigenvalue weighted by Crippen LogP contribution is 2.56. The summed E-state index contributed by atoms with van der Waals surface area (Å²) in [5.41, 5.74) is -2.82. The lowest BCUT2D eigenvalue weighted by Gasteiger charge is -2.47. The first-order valence-electron chi connectivity index (χ1n) is 7.88.